The maximum atomic E-state index is 12.1. The molecule has 0 aromatic heterocycles. The van der Waals surface area contributed by atoms with Crippen molar-refractivity contribution >= 4 is 27.8 Å². The Labute approximate surface area is 164 Å². The second-order valence-electron chi connectivity index (χ2n) is 7.56. The van der Waals surface area contributed by atoms with Gasteiger partial charge < -0.3 is 19.5 Å². The molecule has 0 unspecified atom stereocenters. The summed E-state index contributed by atoms with van der Waals surface area (Å²) in [6.07, 6.45) is 0.926. The molecule has 2 N–H and O–H groups in total. The van der Waals surface area contributed by atoms with Crippen LogP contribution in [0.4, 0.5) is 10.5 Å². The molecule has 1 aromatic rings. The van der Waals surface area contributed by atoms with Crippen LogP contribution in [0.5, 0.6) is 5.75 Å². The maximum Gasteiger partial charge on any atom is 0.410 e. The van der Waals surface area contributed by atoms with Crippen LogP contribution in [0.25, 0.3) is 0 Å². The number of nitrogens with zero attached hydrogens (tertiary/aromatic N) is 1. The predicted molar refractivity (Wildman–Crippen MR) is 103 cm³/mol. The quantitative estimate of drug-likeness (QED) is 0.732. The van der Waals surface area contributed by atoms with E-state index < -0.39 is 27.3 Å². The molecule has 0 atom stereocenters. The van der Waals surface area contributed by atoms with E-state index in [1.54, 1.807) is 17.0 Å². The number of carboxylic acids is 1. The summed E-state index contributed by atoms with van der Waals surface area (Å²) in [4.78, 5) is 24.3. The zero-order valence-corrected chi connectivity index (χ0v) is 17.0. The summed E-state index contributed by atoms with van der Waals surface area (Å²) in [5.41, 5.74) is -0.272. The highest BCUT2D eigenvalue weighted by Gasteiger charge is 2.27. The number of carbonyl (C=O) groups excluding carboxylic acids is 1. The van der Waals surface area contributed by atoms with Crippen LogP contribution in [-0.2, 0) is 19.6 Å². The first-order valence-corrected chi connectivity index (χ1v) is 10.6. The van der Waals surface area contributed by atoms with Gasteiger partial charge in [-0.2, -0.15) is 0 Å². The maximum absolute atomic E-state index is 12.1. The molecule has 0 radical (unpaired) electrons. The van der Waals surface area contributed by atoms with Gasteiger partial charge >= 0.3 is 12.1 Å². The lowest BCUT2D eigenvalue weighted by atomic mass is 10.1. The smallest absolute Gasteiger partial charge is 0.410 e. The molecule has 1 aromatic carbocycles. The molecule has 28 heavy (non-hydrogen) atoms. The number of aliphatic carboxylic acids is 1. The van der Waals surface area contributed by atoms with E-state index in [2.05, 4.69) is 4.72 Å². The third-order valence-corrected chi connectivity index (χ3v) is 5.01. The molecule has 156 valence electrons. The van der Waals surface area contributed by atoms with Crippen LogP contribution in [0.1, 0.15) is 33.6 Å². The minimum atomic E-state index is -3.94. The number of carboxylic acid groups (broad SMARTS) is 1. The molecule has 0 spiro atoms. The minimum Gasteiger partial charge on any atom is -0.490 e. The predicted octanol–water partition coefficient (Wildman–Crippen LogP) is 2.29. The molecule has 9 nitrogen and oxygen atoms in total. The van der Waals surface area contributed by atoms with Gasteiger partial charge in [-0.05, 0) is 45.0 Å². The lowest BCUT2D eigenvalue weighted by Crippen LogP contribution is -2.44. The molecule has 1 aliphatic rings. The summed E-state index contributed by atoms with van der Waals surface area (Å²) in [7, 11) is -3.94. The van der Waals surface area contributed by atoms with Crippen molar-refractivity contribution < 1.29 is 32.6 Å². The number of ether oxygens (including phenoxy) is 2. The number of benzene rings is 1. The normalized spacial score (nSPS) is 15.8. The number of piperidine rings is 1. The van der Waals surface area contributed by atoms with Crippen LogP contribution >= 0.6 is 0 Å². The average Bonchev–Trinajstić information content (AvgIpc) is 2.54. The van der Waals surface area contributed by atoms with E-state index in [0.717, 1.165) is 0 Å². The van der Waals surface area contributed by atoms with Gasteiger partial charge in [-0.25, -0.2) is 13.2 Å². The lowest BCUT2D eigenvalue weighted by Gasteiger charge is -2.33. The molecule has 0 aliphatic carbocycles. The van der Waals surface area contributed by atoms with Crippen molar-refractivity contribution in [2.75, 3.05) is 23.6 Å². The first-order chi connectivity index (χ1) is 12.9. The highest BCUT2D eigenvalue weighted by molar-refractivity contribution is 7.93. The van der Waals surface area contributed by atoms with Crippen LogP contribution in [0.15, 0.2) is 24.3 Å². The largest absolute Gasteiger partial charge is 0.490 e. The Balaban J connectivity index is 1.84. The highest BCUT2D eigenvalue weighted by atomic mass is 32.2. The van der Waals surface area contributed by atoms with E-state index in [0.29, 0.717) is 31.7 Å². The first kappa shape index (κ1) is 21.8. The van der Waals surface area contributed by atoms with Crippen LogP contribution in [-0.4, -0.2) is 61.0 Å². The van der Waals surface area contributed by atoms with Crippen LogP contribution in [0.3, 0.4) is 0 Å². The van der Waals surface area contributed by atoms with Crippen LogP contribution in [0.2, 0.25) is 0 Å². The van der Waals surface area contributed by atoms with E-state index in [9.17, 15) is 18.0 Å². The number of anilines is 1. The van der Waals surface area contributed by atoms with Crippen molar-refractivity contribution in [3.05, 3.63) is 24.3 Å². The van der Waals surface area contributed by atoms with Crippen LogP contribution in [0, 0.1) is 0 Å². The number of hydrogen-bond acceptors (Lipinski definition) is 6. The summed E-state index contributed by atoms with van der Waals surface area (Å²) in [5.74, 6) is -1.86. The van der Waals surface area contributed by atoms with Gasteiger partial charge in [0.25, 0.3) is 0 Å². The van der Waals surface area contributed by atoms with Gasteiger partial charge in [0, 0.05) is 31.6 Å². The summed E-state index contributed by atoms with van der Waals surface area (Å²) in [6.45, 7) is 6.55. The molecule has 10 heteroatoms. The average molecular weight is 414 g/mol. The molecule has 0 saturated carbocycles. The van der Waals surface area contributed by atoms with E-state index in [4.69, 9.17) is 14.6 Å². The van der Waals surface area contributed by atoms with E-state index in [1.807, 2.05) is 20.8 Å². The third-order valence-electron chi connectivity index (χ3n) is 3.84. The second-order valence-corrected chi connectivity index (χ2v) is 9.29. The van der Waals surface area contributed by atoms with Gasteiger partial charge in [0.05, 0.1) is 0 Å². The fraction of sp³-hybridized carbons (Fsp3) is 0.556. The monoisotopic (exact) mass is 414 g/mol. The Morgan fingerprint density at radius 3 is 2.25 bits per heavy atom. The molecule has 1 saturated heterocycles. The van der Waals surface area contributed by atoms with Gasteiger partial charge in [0.1, 0.15) is 17.5 Å². The number of hydrogen-bond donors (Lipinski definition) is 2. The van der Waals surface area contributed by atoms with E-state index >= 15 is 0 Å². The number of nitrogens with one attached hydrogen (secondary N) is 1. The zero-order chi connectivity index (χ0) is 20.9. The molecule has 1 heterocycles. The van der Waals surface area contributed by atoms with Gasteiger partial charge in [-0.3, -0.25) is 9.52 Å². The summed E-state index contributed by atoms with van der Waals surface area (Å²) in [5, 5.41) is 8.59. The van der Waals surface area contributed by atoms with E-state index in [1.165, 1.54) is 12.1 Å². The van der Waals surface area contributed by atoms with Crippen LogP contribution < -0.4 is 9.46 Å². The third kappa shape index (κ3) is 7.26. The Morgan fingerprint density at radius 1 is 1.18 bits per heavy atom. The number of sulfonamides is 1. The molecule has 2 rings (SSSR count). The Bertz CT molecular complexity index is 792. The Kier molecular flexibility index (Phi) is 6.76. The summed E-state index contributed by atoms with van der Waals surface area (Å²) >= 11 is 0. The number of likely N-dealkylation sites (tertiary alicyclic amines) is 1. The van der Waals surface area contributed by atoms with Gasteiger partial charge in [0.2, 0.25) is 10.0 Å². The van der Waals surface area contributed by atoms with Gasteiger partial charge in [0.15, 0.2) is 5.75 Å². The highest BCUT2D eigenvalue weighted by Crippen LogP contribution is 2.22. The molecular formula is C18H26N2O7S. The van der Waals surface area contributed by atoms with Crippen molar-refractivity contribution in [1.82, 2.24) is 4.90 Å². The fourth-order valence-corrected chi connectivity index (χ4v) is 3.55. The van der Waals surface area contributed by atoms with Crippen molar-refractivity contribution in [3.8, 4) is 5.75 Å². The Hall–Kier alpha value is -2.49. The van der Waals surface area contributed by atoms with Crippen molar-refractivity contribution in [3.63, 3.8) is 0 Å². The van der Waals surface area contributed by atoms with Crippen molar-refractivity contribution in [2.24, 2.45) is 0 Å². The fourth-order valence-electron chi connectivity index (χ4n) is 2.65. The second kappa shape index (κ2) is 8.68. The summed E-state index contributed by atoms with van der Waals surface area (Å²) < 4.78 is 36.7. The minimum absolute atomic E-state index is 0.0618. The first-order valence-electron chi connectivity index (χ1n) is 8.90. The van der Waals surface area contributed by atoms with Gasteiger partial charge in [-0.1, -0.05) is 0 Å². The molecule has 1 amide bonds. The number of rotatable bonds is 6. The van der Waals surface area contributed by atoms with E-state index in [-0.39, 0.29) is 17.9 Å². The lowest BCUT2D eigenvalue weighted by molar-refractivity contribution is -0.134. The number of carbonyl (C=O) groups is 2. The SMILES string of the molecule is CC(C)(C)OC(=O)N1CCC(Oc2ccc(NS(=O)(=O)CC(=O)O)cc2)CC1. The summed E-state index contributed by atoms with van der Waals surface area (Å²) in [6, 6.07) is 6.23. The number of amides is 1. The van der Waals surface area contributed by atoms with Gasteiger partial charge in [-0.15, -0.1) is 0 Å². The molecule has 1 aliphatic heterocycles. The van der Waals surface area contributed by atoms with Crippen molar-refractivity contribution in [2.45, 2.75) is 45.3 Å². The zero-order valence-electron chi connectivity index (χ0n) is 16.2. The van der Waals surface area contributed by atoms with Crippen molar-refractivity contribution in [1.29, 1.82) is 0 Å². The standard InChI is InChI=1S/C18H26N2O7S/c1-18(2,3)27-17(23)20-10-8-15(9-11-20)26-14-6-4-13(5-7-14)19-28(24,25)12-16(21)22/h4-7,15,19H,8-12H2,1-3H3,(H,21,22). The Morgan fingerprint density at radius 2 is 1.75 bits per heavy atom. The molecule has 1 fully saturated rings. The topological polar surface area (TPSA) is 122 Å². The molecule has 0 bridgehead atoms. The molecular weight excluding hydrogens is 388 g/mol.